The molecule has 0 amide bonds. The smallest absolute Gasteiger partial charge is 0.272 e. The number of para-hydroxylation sites is 1. The molecule has 1 aliphatic rings. The SMILES string of the molecule is CCc1ccccc1OC(c1ccccc1)c1nc(C2(N)CCC2)no1.Cl. The van der Waals surface area contributed by atoms with Crippen LogP contribution in [0.15, 0.2) is 59.1 Å². The third kappa shape index (κ3) is 3.84. The molecule has 0 aliphatic heterocycles. The van der Waals surface area contributed by atoms with E-state index in [1.165, 1.54) is 0 Å². The minimum absolute atomic E-state index is 0. The summed E-state index contributed by atoms with van der Waals surface area (Å²) in [5.41, 5.74) is 8.00. The fourth-order valence-electron chi connectivity index (χ4n) is 3.25. The Labute approximate surface area is 165 Å². The second-order valence-corrected chi connectivity index (χ2v) is 6.84. The second-order valence-electron chi connectivity index (χ2n) is 6.84. The zero-order valence-corrected chi connectivity index (χ0v) is 16.1. The molecule has 1 unspecified atom stereocenters. The first-order chi connectivity index (χ1) is 12.7. The molecule has 0 bridgehead atoms. The van der Waals surface area contributed by atoms with Gasteiger partial charge in [0, 0.05) is 5.56 Å². The van der Waals surface area contributed by atoms with Gasteiger partial charge in [-0.15, -0.1) is 12.4 Å². The Morgan fingerprint density at radius 2 is 1.81 bits per heavy atom. The van der Waals surface area contributed by atoms with Gasteiger partial charge in [-0.25, -0.2) is 0 Å². The molecule has 1 aliphatic carbocycles. The summed E-state index contributed by atoms with van der Waals surface area (Å²) in [5, 5.41) is 4.15. The van der Waals surface area contributed by atoms with Crippen molar-refractivity contribution in [2.75, 3.05) is 0 Å². The van der Waals surface area contributed by atoms with Gasteiger partial charge < -0.3 is 15.0 Å². The molecular weight excluding hydrogens is 362 g/mol. The number of aromatic nitrogens is 2. The van der Waals surface area contributed by atoms with E-state index in [-0.39, 0.29) is 12.4 Å². The maximum absolute atomic E-state index is 6.35. The van der Waals surface area contributed by atoms with E-state index in [9.17, 15) is 0 Å². The highest BCUT2D eigenvalue weighted by atomic mass is 35.5. The van der Waals surface area contributed by atoms with E-state index in [1.807, 2.05) is 48.5 Å². The lowest BCUT2D eigenvalue weighted by Gasteiger charge is -2.34. The lowest BCUT2D eigenvalue weighted by Crippen LogP contribution is -2.44. The molecule has 2 aromatic carbocycles. The third-order valence-corrected chi connectivity index (χ3v) is 5.06. The molecule has 0 spiro atoms. The number of hydrogen-bond acceptors (Lipinski definition) is 5. The number of hydrogen-bond donors (Lipinski definition) is 1. The molecule has 1 saturated carbocycles. The van der Waals surface area contributed by atoms with E-state index in [0.717, 1.165) is 42.6 Å². The first kappa shape index (κ1) is 19.4. The van der Waals surface area contributed by atoms with Crippen LogP contribution in [-0.4, -0.2) is 10.1 Å². The topological polar surface area (TPSA) is 74.2 Å². The Bertz CT molecular complexity index is 878. The highest BCUT2D eigenvalue weighted by Crippen LogP contribution is 2.38. The maximum atomic E-state index is 6.35. The molecule has 6 heteroatoms. The van der Waals surface area contributed by atoms with Crippen LogP contribution in [0.3, 0.4) is 0 Å². The highest BCUT2D eigenvalue weighted by Gasteiger charge is 2.40. The molecule has 3 aromatic rings. The molecule has 1 atom stereocenters. The molecule has 4 rings (SSSR count). The summed E-state index contributed by atoms with van der Waals surface area (Å²) in [5.74, 6) is 1.84. The Morgan fingerprint density at radius 3 is 2.48 bits per heavy atom. The number of rotatable bonds is 6. The van der Waals surface area contributed by atoms with Crippen molar-refractivity contribution < 1.29 is 9.26 Å². The Hall–Kier alpha value is -2.37. The minimum Gasteiger partial charge on any atom is -0.476 e. The van der Waals surface area contributed by atoms with Crippen LogP contribution >= 0.6 is 12.4 Å². The number of nitrogens with two attached hydrogens (primary N) is 1. The molecular formula is C21H24ClN3O2. The van der Waals surface area contributed by atoms with E-state index in [1.54, 1.807) is 0 Å². The van der Waals surface area contributed by atoms with E-state index in [2.05, 4.69) is 23.1 Å². The van der Waals surface area contributed by atoms with Crippen LogP contribution in [0.5, 0.6) is 5.75 Å². The summed E-state index contributed by atoms with van der Waals surface area (Å²) in [7, 11) is 0. The van der Waals surface area contributed by atoms with Crippen molar-refractivity contribution in [1.82, 2.24) is 10.1 Å². The molecule has 1 aromatic heterocycles. The number of nitrogens with zero attached hydrogens (tertiary/aromatic N) is 2. The van der Waals surface area contributed by atoms with Crippen molar-refractivity contribution in [2.24, 2.45) is 5.73 Å². The van der Waals surface area contributed by atoms with Gasteiger partial charge in [0.25, 0.3) is 5.89 Å². The summed E-state index contributed by atoms with van der Waals surface area (Å²) in [6, 6.07) is 18.0. The number of halogens is 1. The molecule has 0 radical (unpaired) electrons. The Balaban J connectivity index is 0.00000210. The third-order valence-electron chi connectivity index (χ3n) is 5.06. The molecule has 2 N–H and O–H groups in total. The van der Waals surface area contributed by atoms with Gasteiger partial charge >= 0.3 is 0 Å². The summed E-state index contributed by atoms with van der Waals surface area (Å²) in [6.07, 6.45) is 3.30. The van der Waals surface area contributed by atoms with Crippen LogP contribution in [-0.2, 0) is 12.0 Å². The fourth-order valence-corrected chi connectivity index (χ4v) is 3.25. The average Bonchev–Trinajstić information content (AvgIpc) is 3.15. The molecule has 5 nitrogen and oxygen atoms in total. The summed E-state index contributed by atoms with van der Waals surface area (Å²) >= 11 is 0. The van der Waals surface area contributed by atoms with Crippen LogP contribution in [0.1, 0.15) is 55.1 Å². The van der Waals surface area contributed by atoms with Crippen molar-refractivity contribution in [3.05, 3.63) is 77.4 Å². The number of benzene rings is 2. The van der Waals surface area contributed by atoms with Crippen LogP contribution < -0.4 is 10.5 Å². The van der Waals surface area contributed by atoms with Crippen LogP contribution in [0.25, 0.3) is 0 Å². The standard InChI is InChI=1S/C21H23N3O2.ClH/c1-2-15-9-6-7-12-17(15)25-18(16-10-4-3-5-11-16)19-23-20(24-26-19)21(22)13-8-14-21;/h3-7,9-12,18H,2,8,13-14,22H2,1H3;1H. The van der Waals surface area contributed by atoms with Gasteiger partial charge in [-0.1, -0.05) is 60.6 Å². The molecule has 142 valence electrons. The lowest BCUT2D eigenvalue weighted by atomic mass is 9.77. The molecule has 0 saturated heterocycles. The summed E-state index contributed by atoms with van der Waals surface area (Å²) in [6.45, 7) is 2.11. The van der Waals surface area contributed by atoms with E-state index < -0.39 is 11.6 Å². The van der Waals surface area contributed by atoms with Gasteiger partial charge in [0.2, 0.25) is 6.10 Å². The van der Waals surface area contributed by atoms with Gasteiger partial charge in [-0.2, -0.15) is 4.98 Å². The van der Waals surface area contributed by atoms with Crippen molar-refractivity contribution in [2.45, 2.75) is 44.2 Å². The van der Waals surface area contributed by atoms with Crippen molar-refractivity contribution >= 4 is 12.4 Å². The van der Waals surface area contributed by atoms with Crippen molar-refractivity contribution in [3.63, 3.8) is 0 Å². The van der Waals surface area contributed by atoms with Crippen LogP contribution in [0.2, 0.25) is 0 Å². The first-order valence-electron chi connectivity index (χ1n) is 9.12. The maximum Gasteiger partial charge on any atom is 0.272 e. The largest absolute Gasteiger partial charge is 0.476 e. The average molecular weight is 386 g/mol. The van der Waals surface area contributed by atoms with Gasteiger partial charge in [0.15, 0.2) is 5.82 Å². The van der Waals surface area contributed by atoms with Gasteiger partial charge in [-0.3, -0.25) is 0 Å². The highest BCUT2D eigenvalue weighted by molar-refractivity contribution is 5.85. The Kier molecular flexibility index (Phi) is 5.82. The fraction of sp³-hybridized carbons (Fsp3) is 0.333. The second kappa shape index (κ2) is 8.11. The number of aryl methyl sites for hydroxylation is 1. The molecule has 1 fully saturated rings. The summed E-state index contributed by atoms with van der Waals surface area (Å²) in [4.78, 5) is 4.60. The van der Waals surface area contributed by atoms with E-state index >= 15 is 0 Å². The van der Waals surface area contributed by atoms with Crippen LogP contribution in [0.4, 0.5) is 0 Å². The lowest BCUT2D eigenvalue weighted by molar-refractivity contribution is 0.190. The predicted molar refractivity (Wildman–Crippen MR) is 106 cm³/mol. The molecule has 27 heavy (non-hydrogen) atoms. The zero-order valence-electron chi connectivity index (χ0n) is 15.3. The van der Waals surface area contributed by atoms with Gasteiger partial charge in [0.05, 0.1) is 5.54 Å². The van der Waals surface area contributed by atoms with Crippen LogP contribution in [0, 0.1) is 0 Å². The normalized spacial score (nSPS) is 16.1. The van der Waals surface area contributed by atoms with E-state index in [0.29, 0.717) is 11.7 Å². The molecule has 1 heterocycles. The van der Waals surface area contributed by atoms with E-state index in [4.69, 9.17) is 15.0 Å². The zero-order chi connectivity index (χ0) is 18.0. The number of ether oxygens (including phenoxy) is 1. The Morgan fingerprint density at radius 1 is 1.11 bits per heavy atom. The van der Waals surface area contributed by atoms with Crippen molar-refractivity contribution in [3.8, 4) is 5.75 Å². The quantitative estimate of drug-likeness (QED) is 0.673. The first-order valence-corrected chi connectivity index (χ1v) is 9.12. The van der Waals surface area contributed by atoms with Crippen molar-refractivity contribution in [1.29, 1.82) is 0 Å². The summed E-state index contributed by atoms with van der Waals surface area (Å²) < 4.78 is 11.9. The minimum atomic E-state index is -0.464. The van der Waals surface area contributed by atoms with Gasteiger partial charge in [0.1, 0.15) is 5.75 Å². The van der Waals surface area contributed by atoms with Gasteiger partial charge in [-0.05, 0) is 37.3 Å². The predicted octanol–water partition coefficient (Wildman–Crippen LogP) is 4.56. The monoisotopic (exact) mass is 385 g/mol.